The summed E-state index contributed by atoms with van der Waals surface area (Å²) in [4.78, 5) is 0.0413. The average molecular weight is 269 g/mol. The van der Waals surface area contributed by atoms with E-state index in [1.807, 2.05) is 6.07 Å². The molecule has 0 fully saturated rings. The maximum Gasteiger partial charge on any atom is 0.246 e. The number of rotatable bonds is 5. The molecule has 1 rings (SSSR count). The van der Waals surface area contributed by atoms with Crippen LogP contribution in [-0.4, -0.2) is 33.4 Å². The zero-order chi connectivity index (χ0) is 13.8. The Morgan fingerprint density at radius 3 is 2.72 bits per heavy atom. The van der Waals surface area contributed by atoms with E-state index in [1.165, 1.54) is 32.4 Å². The van der Waals surface area contributed by atoms with E-state index in [0.717, 1.165) is 4.31 Å². The van der Waals surface area contributed by atoms with Gasteiger partial charge in [-0.3, -0.25) is 0 Å². The van der Waals surface area contributed by atoms with E-state index in [2.05, 4.69) is 0 Å². The molecule has 0 amide bonds. The first-order valence-electron chi connectivity index (χ1n) is 5.20. The SMILES string of the molecule is COc1cc(N)ccc1S(=O)(=O)N(C)CCC#N. The number of hydrogen-bond acceptors (Lipinski definition) is 5. The van der Waals surface area contributed by atoms with Crippen LogP contribution >= 0.6 is 0 Å². The largest absolute Gasteiger partial charge is 0.495 e. The molecule has 0 spiro atoms. The first kappa shape index (κ1) is 14.3. The minimum Gasteiger partial charge on any atom is -0.495 e. The van der Waals surface area contributed by atoms with Crippen LogP contribution in [0.1, 0.15) is 6.42 Å². The van der Waals surface area contributed by atoms with E-state index in [1.54, 1.807) is 0 Å². The molecule has 0 heterocycles. The third kappa shape index (κ3) is 2.91. The monoisotopic (exact) mass is 269 g/mol. The topological polar surface area (TPSA) is 96.4 Å². The normalized spacial score (nSPS) is 11.2. The zero-order valence-corrected chi connectivity index (χ0v) is 11.1. The fourth-order valence-corrected chi connectivity index (χ4v) is 2.70. The Hall–Kier alpha value is -1.78. The molecule has 0 radical (unpaired) electrons. The van der Waals surface area contributed by atoms with Crippen LogP contribution in [0.15, 0.2) is 23.1 Å². The molecule has 0 saturated heterocycles. The van der Waals surface area contributed by atoms with Gasteiger partial charge in [0.05, 0.1) is 13.2 Å². The molecule has 7 heteroatoms. The van der Waals surface area contributed by atoms with Crippen LogP contribution in [0.2, 0.25) is 0 Å². The summed E-state index contributed by atoms with van der Waals surface area (Å²) in [5.74, 6) is 0.193. The summed E-state index contributed by atoms with van der Waals surface area (Å²) < 4.78 is 30.6. The molecule has 1 aromatic rings. The Bertz CT molecular complexity index is 563. The summed E-state index contributed by atoms with van der Waals surface area (Å²) in [6.07, 6.45) is 0.132. The van der Waals surface area contributed by atoms with Gasteiger partial charge < -0.3 is 10.5 Å². The highest BCUT2D eigenvalue weighted by Crippen LogP contribution is 2.28. The summed E-state index contributed by atoms with van der Waals surface area (Å²) >= 11 is 0. The lowest BCUT2D eigenvalue weighted by molar-refractivity contribution is 0.398. The van der Waals surface area contributed by atoms with Crippen molar-refractivity contribution in [3.8, 4) is 11.8 Å². The van der Waals surface area contributed by atoms with E-state index >= 15 is 0 Å². The van der Waals surface area contributed by atoms with Gasteiger partial charge in [0.1, 0.15) is 10.6 Å². The number of hydrogen-bond donors (Lipinski definition) is 1. The number of methoxy groups -OCH3 is 1. The van der Waals surface area contributed by atoms with Crippen LogP contribution in [0.3, 0.4) is 0 Å². The third-order valence-corrected chi connectivity index (χ3v) is 4.31. The van der Waals surface area contributed by atoms with Gasteiger partial charge in [-0.05, 0) is 12.1 Å². The minimum absolute atomic E-state index is 0.0413. The minimum atomic E-state index is -3.67. The van der Waals surface area contributed by atoms with Crippen LogP contribution in [0.4, 0.5) is 5.69 Å². The lowest BCUT2D eigenvalue weighted by Gasteiger charge is -2.17. The van der Waals surface area contributed by atoms with Gasteiger partial charge in [0.25, 0.3) is 0 Å². The van der Waals surface area contributed by atoms with Crippen LogP contribution in [0.5, 0.6) is 5.75 Å². The van der Waals surface area contributed by atoms with Crippen molar-refractivity contribution < 1.29 is 13.2 Å². The van der Waals surface area contributed by atoms with Gasteiger partial charge in [-0.15, -0.1) is 0 Å². The maximum absolute atomic E-state index is 12.2. The quantitative estimate of drug-likeness (QED) is 0.798. The first-order valence-corrected chi connectivity index (χ1v) is 6.64. The van der Waals surface area contributed by atoms with Gasteiger partial charge in [0.2, 0.25) is 10.0 Å². The molecule has 98 valence electrons. The van der Waals surface area contributed by atoms with Crippen molar-refractivity contribution in [2.75, 3.05) is 26.4 Å². The van der Waals surface area contributed by atoms with Gasteiger partial charge in [-0.1, -0.05) is 0 Å². The van der Waals surface area contributed by atoms with Gasteiger partial charge >= 0.3 is 0 Å². The van der Waals surface area contributed by atoms with Crippen LogP contribution in [-0.2, 0) is 10.0 Å². The number of nitriles is 1. The standard InChI is InChI=1S/C11H15N3O3S/c1-14(7-3-6-12)18(15,16)11-5-4-9(13)8-10(11)17-2/h4-5,8H,3,7,13H2,1-2H3. The van der Waals surface area contributed by atoms with Crippen LogP contribution in [0.25, 0.3) is 0 Å². The van der Waals surface area contributed by atoms with Crippen molar-refractivity contribution in [1.82, 2.24) is 4.31 Å². The molecule has 0 aromatic heterocycles. The smallest absolute Gasteiger partial charge is 0.246 e. The molecule has 0 aliphatic rings. The number of anilines is 1. The van der Waals surface area contributed by atoms with Crippen LogP contribution in [0, 0.1) is 11.3 Å². The Morgan fingerprint density at radius 1 is 1.50 bits per heavy atom. The predicted octanol–water partition coefficient (Wildman–Crippen LogP) is 0.812. The average Bonchev–Trinajstić information content (AvgIpc) is 2.35. The number of nitrogens with zero attached hydrogens (tertiary/aromatic N) is 2. The summed E-state index contributed by atoms with van der Waals surface area (Å²) in [7, 11) is -0.872. The van der Waals surface area contributed by atoms with E-state index in [9.17, 15) is 8.42 Å². The van der Waals surface area contributed by atoms with E-state index < -0.39 is 10.0 Å². The number of sulfonamides is 1. The molecule has 0 saturated carbocycles. The number of nitrogens with two attached hydrogens (primary N) is 1. The number of benzene rings is 1. The van der Waals surface area contributed by atoms with E-state index in [-0.39, 0.29) is 23.6 Å². The highest BCUT2D eigenvalue weighted by molar-refractivity contribution is 7.89. The van der Waals surface area contributed by atoms with Gasteiger partial charge in [-0.25, -0.2) is 8.42 Å². The molecule has 0 atom stereocenters. The second kappa shape index (κ2) is 5.71. The molecule has 0 aliphatic carbocycles. The highest BCUT2D eigenvalue weighted by atomic mass is 32.2. The molecule has 0 aliphatic heterocycles. The van der Waals surface area contributed by atoms with Crippen molar-refractivity contribution in [2.24, 2.45) is 0 Å². The molecule has 0 bridgehead atoms. The highest BCUT2D eigenvalue weighted by Gasteiger charge is 2.24. The Morgan fingerprint density at radius 2 is 2.17 bits per heavy atom. The summed E-state index contributed by atoms with van der Waals surface area (Å²) in [6, 6.07) is 6.24. The second-order valence-corrected chi connectivity index (χ2v) is 5.66. The van der Waals surface area contributed by atoms with Crippen molar-refractivity contribution in [3.05, 3.63) is 18.2 Å². The molecule has 6 nitrogen and oxygen atoms in total. The molecule has 1 aromatic carbocycles. The van der Waals surface area contributed by atoms with Crippen LogP contribution < -0.4 is 10.5 Å². The maximum atomic E-state index is 12.2. The Kier molecular flexibility index (Phi) is 4.53. The van der Waals surface area contributed by atoms with Gasteiger partial charge in [-0.2, -0.15) is 9.57 Å². The van der Waals surface area contributed by atoms with Crippen molar-refractivity contribution in [3.63, 3.8) is 0 Å². The Balaban J connectivity index is 3.16. The number of ether oxygens (including phenoxy) is 1. The first-order chi connectivity index (χ1) is 8.43. The Labute approximate surface area is 107 Å². The zero-order valence-electron chi connectivity index (χ0n) is 10.3. The third-order valence-electron chi connectivity index (χ3n) is 2.41. The van der Waals surface area contributed by atoms with Gasteiger partial charge in [0, 0.05) is 31.8 Å². The van der Waals surface area contributed by atoms with Gasteiger partial charge in [0.15, 0.2) is 0 Å². The summed E-state index contributed by atoms with van der Waals surface area (Å²) in [5.41, 5.74) is 5.99. The summed E-state index contributed by atoms with van der Waals surface area (Å²) in [6.45, 7) is 0.131. The summed E-state index contributed by atoms with van der Waals surface area (Å²) in [5, 5.41) is 8.48. The predicted molar refractivity (Wildman–Crippen MR) is 67.5 cm³/mol. The molecular weight excluding hydrogens is 254 g/mol. The second-order valence-electron chi connectivity index (χ2n) is 3.64. The molecule has 0 unspecified atom stereocenters. The lowest BCUT2D eigenvalue weighted by atomic mass is 10.3. The van der Waals surface area contributed by atoms with Crippen molar-refractivity contribution >= 4 is 15.7 Å². The fourth-order valence-electron chi connectivity index (χ4n) is 1.39. The molecule has 2 N–H and O–H groups in total. The fraction of sp³-hybridized carbons (Fsp3) is 0.364. The van der Waals surface area contributed by atoms with E-state index in [0.29, 0.717) is 5.69 Å². The van der Waals surface area contributed by atoms with Crippen molar-refractivity contribution in [1.29, 1.82) is 5.26 Å². The number of nitrogen functional groups attached to an aromatic ring is 1. The lowest BCUT2D eigenvalue weighted by Crippen LogP contribution is -2.28. The molecule has 18 heavy (non-hydrogen) atoms. The molecular formula is C11H15N3O3S. The van der Waals surface area contributed by atoms with Crippen molar-refractivity contribution in [2.45, 2.75) is 11.3 Å². The van der Waals surface area contributed by atoms with E-state index in [4.69, 9.17) is 15.7 Å².